The van der Waals surface area contributed by atoms with Crippen molar-refractivity contribution in [1.29, 1.82) is 0 Å². The maximum atomic E-state index is 5.05. The van der Waals surface area contributed by atoms with Crippen LogP contribution in [-0.2, 0) is 0 Å². The van der Waals surface area contributed by atoms with Crippen LogP contribution in [0.4, 0.5) is 0 Å². The molecule has 3 nitrogen and oxygen atoms in total. The fourth-order valence-electron chi connectivity index (χ4n) is 0.609. The summed E-state index contributed by atoms with van der Waals surface area (Å²) in [5.41, 5.74) is 0.845. The third kappa shape index (κ3) is 1.45. The molecule has 2 N–H and O–H groups in total. The Morgan fingerprint density at radius 3 is 3.11 bits per heavy atom. The highest BCUT2D eigenvalue weighted by Gasteiger charge is 2.08. The Morgan fingerprint density at radius 2 is 2.67 bits per heavy atom. The summed E-state index contributed by atoms with van der Waals surface area (Å²) in [4.78, 5) is 4.18. The fourth-order valence-corrected chi connectivity index (χ4v) is 1.43. The summed E-state index contributed by atoms with van der Waals surface area (Å²) in [5.74, 6) is 6.12. The molecule has 0 spiro atoms. The van der Waals surface area contributed by atoms with Gasteiger partial charge in [-0.05, 0) is 6.92 Å². The van der Waals surface area contributed by atoms with Gasteiger partial charge in [0.2, 0.25) is 0 Å². The Bertz CT molecular complexity index is 162. The molecular formula is C5H9N3S. The molecule has 0 aromatic rings. The standard InChI is InChI=1S/C5H9N3S/c1-4(8-6)5-7-2-3-9-5/h2-3,6H2,1H3/b8-4+. The molecule has 0 amide bonds. The Kier molecular flexibility index (Phi) is 2.10. The largest absolute Gasteiger partial charge is 0.323 e. The minimum Gasteiger partial charge on any atom is -0.323 e. The zero-order chi connectivity index (χ0) is 6.69. The van der Waals surface area contributed by atoms with Crippen molar-refractivity contribution in [2.75, 3.05) is 12.3 Å². The third-order valence-corrected chi connectivity index (χ3v) is 2.17. The van der Waals surface area contributed by atoms with E-state index in [9.17, 15) is 0 Å². The third-order valence-electron chi connectivity index (χ3n) is 1.09. The monoisotopic (exact) mass is 143 g/mol. The summed E-state index contributed by atoms with van der Waals surface area (Å²) >= 11 is 1.71. The van der Waals surface area contributed by atoms with Gasteiger partial charge in [0.1, 0.15) is 5.04 Å². The van der Waals surface area contributed by atoms with Gasteiger partial charge in [0.05, 0.1) is 5.71 Å². The first-order valence-corrected chi connectivity index (χ1v) is 3.75. The highest BCUT2D eigenvalue weighted by molar-refractivity contribution is 8.16. The van der Waals surface area contributed by atoms with Crippen molar-refractivity contribution >= 4 is 22.5 Å². The van der Waals surface area contributed by atoms with Gasteiger partial charge < -0.3 is 5.84 Å². The van der Waals surface area contributed by atoms with Crippen molar-refractivity contribution in [3.63, 3.8) is 0 Å². The molecule has 50 valence electrons. The highest BCUT2D eigenvalue weighted by Crippen LogP contribution is 2.11. The molecule has 0 unspecified atom stereocenters. The Balaban J connectivity index is 2.61. The van der Waals surface area contributed by atoms with Crippen molar-refractivity contribution < 1.29 is 0 Å². The first-order valence-electron chi connectivity index (χ1n) is 2.76. The second-order valence-electron chi connectivity index (χ2n) is 1.75. The molecule has 0 fully saturated rings. The molecule has 1 heterocycles. The van der Waals surface area contributed by atoms with E-state index in [1.807, 2.05) is 6.92 Å². The van der Waals surface area contributed by atoms with Crippen LogP contribution in [0.3, 0.4) is 0 Å². The molecular weight excluding hydrogens is 134 g/mol. The number of thioether (sulfide) groups is 1. The van der Waals surface area contributed by atoms with Gasteiger partial charge in [-0.15, -0.1) is 11.8 Å². The van der Waals surface area contributed by atoms with Crippen LogP contribution in [0.15, 0.2) is 10.1 Å². The normalized spacial score (nSPS) is 20.1. The van der Waals surface area contributed by atoms with E-state index in [1.165, 1.54) is 0 Å². The number of nitrogens with two attached hydrogens (primary N) is 1. The summed E-state index contributed by atoms with van der Waals surface area (Å²) in [6, 6.07) is 0. The van der Waals surface area contributed by atoms with E-state index >= 15 is 0 Å². The number of aliphatic imine (C=N–C) groups is 1. The predicted molar refractivity (Wildman–Crippen MR) is 42.1 cm³/mol. The van der Waals surface area contributed by atoms with Gasteiger partial charge in [-0.3, -0.25) is 4.99 Å². The van der Waals surface area contributed by atoms with Crippen LogP contribution in [0.1, 0.15) is 6.92 Å². The van der Waals surface area contributed by atoms with E-state index in [0.717, 1.165) is 23.1 Å². The Hall–Kier alpha value is -0.510. The van der Waals surface area contributed by atoms with Crippen molar-refractivity contribution in [1.82, 2.24) is 0 Å². The second kappa shape index (κ2) is 2.87. The van der Waals surface area contributed by atoms with Crippen LogP contribution in [0, 0.1) is 0 Å². The molecule has 9 heavy (non-hydrogen) atoms. The summed E-state index contributed by atoms with van der Waals surface area (Å²) in [5, 5.41) is 4.53. The second-order valence-corrected chi connectivity index (χ2v) is 2.83. The minimum atomic E-state index is 0.845. The molecule has 0 saturated carbocycles. The van der Waals surface area contributed by atoms with Gasteiger partial charge in [0.25, 0.3) is 0 Å². The van der Waals surface area contributed by atoms with Gasteiger partial charge >= 0.3 is 0 Å². The lowest BCUT2D eigenvalue weighted by Crippen LogP contribution is -2.05. The minimum absolute atomic E-state index is 0.845. The molecule has 0 aromatic carbocycles. The number of hydrogen-bond acceptors (Lipinski definition) is 4. The zero-order valence-electron chi connectivity index (χ0n) is 5.29. The van der Waals surface area contributed by atoms with Crippen molar-refractivity contribution in [3.05, 3.63) is 0 Å². The highest BCUT2D eigenvalue weighted by atomic mass is 32.2. The van der Waals surface area contributed by atoms with Gasteiger partial charge in [-0.2, -0.15) is 5.10 Å². The SMILES string of the molecule is C/C(=N\N)C1=NCCS1. The molecule has 0 atom stereocenters. The number of hydrazone groups is 1. The molecule has 1 rings (SSSR count). The van der Waals surface area contributed by atoms with Gasteiger partial charge in [0, 0.05) is 12.3 Å². The average Bonchev–Trinajstić information content (AvgIpc) is 2.37. The molecule has 1 aliphatic heterocycles. The van der Waals surface area contributed by atoms with Crippen LogP contribution in [0.5, 0.6) is 0 Å². The predicted octanol–water partition coefficient (Wildman–Crippen LogP) is 0.466. The fraction of sp³-hybridized carbons (Fsp3) is 0.600. The van der Waals surface area contributed by atoms with Crippen LogP contribution >= 0.6 is 11.8 Å². The van der Waals surface area contributed by atoms with Crippen molar-refractivity contribution in [2.45, 2.75) is 6.92 Å². The molecule has 1 aliphatic rings. The molecule has 0 radical (unpaired) electrons. The van der Waals surface area contributed by atoms with Crippen LogP contribution in [0.25, 0.3) is 0 Å². The van der Waals surface area contributed by atoms with Crippen molar-refractivity contribution in [3.8, 4) is 0 Å². The van der Waals surface area contributed by atoms with Crippen LogP contribution in [-0.4, -0.2) is 23.1 Å². The molecule has 0 aliphatic carbocycles. The number of nitrogens with zero attached hydrogens (tertiary/aromatic N) is 2. The van der Waals surface area contributed by atoms with E-state index in [2.05, 4.69) is 10.1 Å². The summed E-state index contributed by atoms with van der Waals surface area (Å²) in [7, 11) is 0. The van der Waals surface area contributed by atoms with E-state index in [1.54, 1.807) is 11.8 Å². The van der Waals surface area contributed by atoms with E-state index < -0.39 is 0 Å². The number of rotatable bonds is 1. The van der Waals surface area contributed by atoms with Gasteiger partial charge in [-0.1, -0.05) is 0 Å². The zero-order valence-corrected chi connectivity index (χ0v) is 6.11. The average molecular weight is 143 g/mol. The quantitative estimate of drug-likeness (QED) is 0.329. The Labute approximate surface area is 58.4 Å². The van der Waals surface area contributed by atoms with E-state index in [-0.39, 0.29) is 0 Å². The van der Waals surface area contributed by atoms with Crippen LogP contribution in [0.2, 0.25) is 0 Å². The van der Waals surface area contributed by atoms with Crippen LogP contribution < -0.4 is 5.84 Å². The molecule has 0 saturated heterocycles. The first-order chi connectivity index (χ1) is 4.34. The smallest absolute Gasteiger partial charge is 0.113 e. The summed E-state index contributed by atoms with van der Waals surface area (Å²) in [6.45, 7) is 2.78. The maximum Gasteiger partial charge on any atom is 0.113 e. The van der Waals surface area contributed by atoms with Crippen molar-refractivity contribution in [2.24, 2.45) is 15.9 Å². The van der Waals surface area contributed by atoms with Gasteiger partial charge in [-0.25, -0.2) is 0 Å². The number of hydrogen-bond donors (Lipinski definition) is 1. The van der Waals surface area contributed by atoms with E-state index in [4.69, 9.17) is 5.84 Å². The maximum absolute atomic E-state index is 5.05. The topological polar surface area (TPSA) is 50.7 Å². The first kappa shape index (κ1) is 6.61. The lowest BCUT2D eigenvalue weighted by molar-refractivity contribution is 1.17. The van der Waals surface area contributed by atoms with Gasteiger partial charge in [0.15, 0.2) is 0 Å². The van der Waals surface area contributed by atoms with E-state index in [0.29, 0.717) is 0 Å². The lowest BCUT2D eigenvalue weighted by atomic mass is 10.5. The Morgan fingerprint density at radius 1 is 1.89 bits per heavy atom. The summed E-state index contributed by atoms with van der Waals surface area (Å²) < 4.78 is 0. The lowest BCUT2D eigenvalue weighted by Gasteiger charge is -1.92. The molecule has 4 heteroatoms. The molecule has 0 bridgehead atoms. The summed E-state index contributed by atoms with van der Waals surface area (Å²) in [6.07, 6.45) is 0. The molecule has 0 aromatic heterocycles.